The van der Waals surface area contributed by atoms with Gasteiger partial charge in [-0.3, -0.25) is 4.90 Å². The standard InChI is InChI=1S/C15H23Cl2N3/c1-11(2)18-8-12-4-3-7-20(9-12)10-14-13(16)5-6-15(17)19-14/h5-6,11-12,18H,3-4,7-10H2,1-2H3. The molecule has 0 bridgehead atoms. The molecule has 1 N–H and O–H groups in total. The average molecular weight is 316 g/mol. The van der Waals surface area contributed by atoms with E-state index >= 15 is 0 Å². The summed E-state index contributed by atoms with van der Waals surface area (Å²) in [5.41, 5.74) is 0.886. The molecule has 5 heteroatoms. The number of likely N-dealkylation sites (tertiary alicyclic amines) is 1. The molecule has 0 spiro atoms. The summed E-state index contributed by atoms with van der Waals surface area (Å²) in [7, 11) is 0. The number of nitrogens with zero attached hydrogens (tertiary/aromatic N) is 2. The Morgan fingerprint density at radius 1 is 1.40 bits per heavy atom. The van der Waals surface area contributed by atoms with Gasteiger partial charge in [0.05, 0.1) is 10.7 Å². The highest BCUT2D eigenvalue weighted by molar-refractivity contribution is 6.32. The average Bonchev–Trinajstić information content (AvgIpc) is 2.41. The molecule has 1 unspecified atom stereocenters. The number of rotatable bonds is 5. The van der Waals surface area contributed by atoms with Crippen molar-refractivity contribution in [2.45, 2.75) is 39.3 Å². The first-order valence-corrected chi connectivity index (χ1v) is 8.07. The molecule has 20 heavy (non-hydrogen) atoms. The summed E-state index contributed by atoms with van der Waals surface area (Å²) < 4.78 is 0. The lowest BCUT2D eigenvalue weighted by molar-refractivity contribution is 0.162. The summed E-state index contributed by atoms with van der Waals surface area (Å²) in [6, 6.07) is 4.11. The number of halogens is 2. The van der Waals surface area contributed by atoms with Crippen LogP contribution in [0.5, 0.6) is 0 Å². The normalized spacial score (nSPS) is 20.6. The van der Waals surface area contributed by atoms with Crippen LogP contribution in [0.25, 0.3) is 0 Å². The number of nitrogens with one attached hydrogen (secondary N) is 1. The molecule has 2 rings (SSSR count). The van der Waals surface area contributed by atoms with Gasteiger partial charge in [0.2, 0.25) is 0 Å². The lowest BCUT2D eigenvalue weighted by atomic mass is 9.97. The molecule has 1 aliphatic heterocycles. The Hall–Kier alpha value is -0.350. The molecule has 112 valence electrons. The number of hydrogen-bond donors (Lipinski definition) is 1. The second-order valence-electron chi connectivity index (χ2n) is 5.87. The molecule has 0 amide bonds. The van der Waals surface area contributed by atoms with Crippen LogP contribution in [0.3, 0.4) is 0 Å². The van der Waals surface area contributed by atoms with E-state index in [1.54, 1.807) is 6.07 Å². The van der Waals surface area contributed by atoms with Crippen molar-refractivity contribution in [2.24, 2.45) is 5.92 Å². The summed E-state index contributed by atoms with van der Waals surface area (Å²) in [4.78, 5) is 6.77. The van der Waals surface area contributed by atoms with Gasteiger partial charge in [-0.1, -0.05) is 37.0 Å². The zero-order valence-corrected chi connectivity index (χ0v) is 13.7. The largest absolute Gasteiger partial charge is 0.314 e. The van der Waals surface area contributed by atoms with Crippen LogP contribution in [0.1, 0.15) is 32.4 Å². The summed E-state index contributed by atoms with van der Waals surface area (Å²) in [6.07, 6.45) is 2.54. The molecule has 1 aliphatic rings. The van der Waals surface area contributed by atoms with E-state index in [-0.39, 0.29) is 0 Å². The molecular weight excluding hydrogens is 293 g/mol. The highest BCUT2D eigenvalue weighted by atomic mass is 35.5. The number of piperidine rings is 1. The van der Waals surface area contributed by atoms with Crippen LogP contribution in [0.15, 0.2) is 12.1 Å². The summed E-state index contributed by atoms with van der Waals surface area (Å²) in [5.74, 6) is 0.712. The minimum absolute atomic E-state index is 0.513. The first kappa shape index (κ1) is 16.0. The van der Waals surface area contributed by atoms with E-state index in [1.165, 1.54) is 12.8 Å². The Kier molecular flexibility index (Phi) is 6.09. The summed E-state index contributed by atoms with van der Waals surface area (Å²) in [6.45, 7) is 8.47. The van der Waals surface area contributed by atoms with E-state index in [4.69, 9.17) is 23.2 Å². The molecule has 0 aromatic carbocycles. The number of pyridine rings is 1. The third kappa shape index (κ3) is 4.88. The van der Waals surface area contributed by atoms with Crippen LogP contribution < -0.4 is 5.32 Å². The van der Waals surface area contributed by atoms with Crippen molar-refractivity contribution in [3.8, 4) is 0 Å². The molecule has 3 nitrogen and oxygen atoms in total. The maximum atomic E-state index is 6.19. The van der Waals surface area contributed by atoms with Gasteiger partial charge >= 0.3 is 0 Å². The van der Waals surface area contributed by atoms with Gasteiger partial charge in [0.25, 0.3) is 0 Å². The lowest BCUT2D eigenvalue weighted by Gasteiger charge is -2.33. The van der Waals surface area contributed by atoms with Gasteiger partial charge in [-0.25, -0.2) is 4.98 Å². The molecule has 1 saturated heterocycles. The van der Waals surface area contributed by atoms with Gasteiger partial charge in [0.1, 0.15) is 5.15 Å². The first-order chi connectivity index (χ1) is 9.54. The van der Waals surface area contributed by atoms with E-state index < -0.39 is 0 Å². The zero-order valence-electron chi connectivity index (χ0n) is 12.2. The molecule has 1 fully saturated rings. The third-order valence-electron chi connectivity index (χ3n) is 3.68. The fourth-order valence-electron chi connectivity index (χ4n) is 2.64. The van der Waals surface area contributed by atoms with Crippen molar-refractivity contribution in [2.75, 3.05) is 19.6 Å². The Morgan fingerprint density at radius 2 is 2.20 bits per heavy atom. The highest BCUT2D eigenvalue weighted by Gasteiger charge is 2.21. The summed E-state index contributed by atoms with van der Waals surface area (Å²) >= 11 is 12.1. The SMILES string of the molecule is CC(C)NCC1CCCN(Cc2nc(Cl)ccc2Cl)C1. The van der Waals surface area contributed by atoms with Crippen LogP contribution in [-0.2, 0) is 6.54 Å². The second-order valence-corrected chi connectivity index (χ2v) is 6.66. The van der Waals surface area contributed by atoms with Crippen molar-refractivity contribution in [1.29, 1.82) is 0 Å². The minimum atomic E-state index is 0.513. The molecule has 1 aromatic heterocycles. The third-order valence-corrected chi connectivity index (χ3v) is 4.23. The van der Waals surface area contributed by atoms with E-state index in [9.17, 15) is 0 Å². The Bertz CT molecular complexity index is 437. The monoisotopic (exact) mass is 315 g/mol. The predicted octanol–water partition coefficient (Wildman–Crippen LogP) is 3.60. The molecule has 2 heterocycles. The van der Waals surface area contributed by atoms with Crippen LogP contribution in [-0.4, -0.2) is 35.6 Å². The van der Waals surface area contributed by atoms with Crippen molar-refractivity contribution in [3.63, 3.8) is 0 Å². The van der Waals surface area contributed by atoms with Crippen molar-refractivity contribution in [3.05, 3.63) is 28.0 Å². The van der Waals surface area contributed by atoms with Crippen molar-refractivity contribution >= 4 is 23.2 Å². The Labute approximate surface area is 131 Å². The smallest absolute Gasteiger partial charge is 0.129 e. The molecule has 0 aliphatic carbocycles. The number of hydrogen-bond acceptors (Lipinski definition) is 3. The van der Waals surface area contributed by atoms with Gasteiger partial charge in [-0.2, -0.15) is 0 Å². The second kappa shape index (κ2) is 7.60. The van der Waals surface area contributed by atoms with Gasteiger partial charge in [0, 0.05) is 19.1 Å². The molecular formula is C15H23Cl2N3. The van der Waals surface area contributed by atoms with Crippen LogP contribution in [0.2, 0.25) is 10.2 Å². The fraction of sp³-hybridized carbons (Fsp3) is 0.667. The molecule has 1 aromatic rings. The van der Waals surface area contributed by atoms with Gasteiger partial charge in [-0.05, 0) is 44.0 Å². The molecule has 1 atom stereocenters. The van der Waals surface area contributed by atoms with Crippen LogP contribution in [0, 0.1) is 5.92 Å². The molecule has 0 saturated carbocycles. The Balaban J connectivity index is 1.90. The lowest BCUT2D eigenvalue weighted by Crippen LogP contribution is -2.40. The van der Waals surface area contributed by atoms with Crippen molar-refractivity contribution in [1.82, 2.24) is 15.2 Å². The topological polar surface area (TPSA) is 28.2 Å². The van der Waals surface area contributed by atoms with Crippen LogP contribution >= 0.6 is 23.2 Å². The maximum absolute atomic E-state index is 6.19. The van der Waals surface area contributed by atoms with E-state index in [0.717, 1.165) is 31.9 Å². The zero-order chi connectivity index (χ0) is 14.5. The quantitative estimate of drug-likeness (QED) is 0.841. The predicted molar refractivity (Wildman–Crippen MR) is 85.4 cm³/mol. The van der Waals surface area contributed by atoms with Crippen molar-refractivity contribution < 1.29 is 0 Å². The fourth-order valence-corrected chi connectivity index (χ4v) is 2.97. The molecule has 0 radical (unpaired) electrons. The van der Waals surface area contributed by atoms with E-state index in [2.05, 4.69) is 29.0 Å². The maximum Gasteiger partial charge on any atom is 0.129 e. The Morgan fingerprint density at radius 3 is 2.95 bits per heavy atom. The van der Waals surface area contributed by atoms with E-state index in [0.29, 0.717) is 22.1 Å². The van der Waals surface area contributed by atoms with Crippen LogP contribution in [0.4, 0.5) is 0 Å². The first-order valence-electron chi connectivity index (χ1n) is 7.31. The van der Waals surface area contributed by atoms with Gasteiger partial charge in [0.15, 0.2) is 0 Å². The number of aromatic nitrogens is 1. The summed E-state index contributed by atoms with van der Waals surface area (Å²) in [5, 5.41) is 4.75. The highest BCUT2D eigenvalue weighted by Crippen LogP contribution is 2.22. The minimum Gasteiger partial charge on any atom is -0.314 e. The van der Waals surface area contributed by atoms with Gasteiger partial charge in [-0.15, -0.1) is 0 Å². The van der Waals surface area contributed by atoms with E-state index in [1.807, 2.05) is 6.07 Å². The van der Waals surface area contributed by atoms with Gasteiger partial charge < -0.3 is 5.32 Å².